The molecule has 3 heterocycles. The number of carbonyl (C=O) groups excluding carboxylic acids is 1. The van der Waals surface area contributed by atoms with Gasteiger partial charge in [-0.15, -0.1) is 20.4 Å². The lowest BCUT2D eigenvalue weighted by molar-refractivity contribution is -0.113. The zero-order valence-electron chi connectivity index (χ0n) is 14.7. The van der Waals surface area contributed by atoms with E-state index in [9.17, 15) is 4.79 Å². The number of nitrogens with one attached hydrogen (secondary N) is 1. The van der Waals surface area contributed by atoms with Crippen molar-refractivity contribution >= 4 is 34.1 Å². The van der Waals surface area contributed by atoms with E-state index in [0.29, 0.717) is 16.2 Å². The third kappa shape index (κ3) is 4.64. The number of thioether (sulfide) groups is 1. The number of anilines is 1. The average Bonchev–Trinajstić information content (AvgIpc) is 3.19. The molecule has 0 aromatic carbocycles. The molecule has 0 aliphatic heterocycles. The minimum atomic E-state index is -0.143. The van der Waals surface area contributed by atoms with Gasteiger partial charge < -0.3 is 4.57 Å². The lowest BCUT2D eigenvalue weighted by Crippen LogP contribution is -2.15. The van der Waals surface area contributed by atoms with Gasteiger partial charge in [0.15, 0.2) is 11.0 Å². The second kappa shape index (κ2) is 8.37. The molecule has 3 rings (SSSR count). The summed E-state index contributed by atoms with van der Waals surface area (Å²) < 4.78 is 2.05. The summed E-state index contributed by atoms with van der Waals surface area (Å²) in [6, 6.07) is 3.81. The van der Waals surface area contributed by atoms with Gasteiger partial charge in [-0.1, -0.05) is 36.9 Å². The molecular formula is C16H19N7OS2. The molecule has 0 aliphatic carbocycles. The van der Waals surface area contributed by atoms with Crippen LogP contribution in [0.25, 0.3) is 11.4 Å². The maximum absolute atomic E-state index is 12.1. The zero-order valence-corrected chi connectivity index (χ0v) is 16.3. The molecule has 3 aromatic rings. The lowest BCUT2D eigenvalue weighted by Gasteiger charge is -2.12. The predicted molar refractivity (Wildman–Crippen MR) is 102 cm³/mol. The Hall–Kier alpha value is -2.33. The van der Waals surface area contributed by atoms with Crippen LogP contribution in [-0.4, -0.2) is 41.6 Å². The first-order chi connectivity index (χ1) is 12.5. The molecule has 0 bridgehead atoms. The third-order valence-electron chi connectivity index (χ3n) is 3.31. The molecule has 0 radical (unpaired) electrons. The van der Waals surface area contributed by atoms with Crippen molar-refractivity contribution in [2.45, 2.75) is 32.5 Å². The first kappa shape index (κ1) is 18.5. The number of nitrogens with zero attached hydrogens (tertiary/aromatic N) is 6. The summed E-state index contributed by atoms with van der Waals surface area (Å²) in [5.41, 5.74) is 0.953. The molecular weight excluding hydrogens is 370 g/mol. The summed E-state index contributed by atoms with van der Waals surface area (Å²) in [6.07, 6.45) is 3.46. The SMILES string of the molecule is Cc1nnc(NC(=O)CSc2nnc(-c3ccncc3)n2CC(C)C)s1. The quantitative estimate of drug-likeness (QED) is 0.620. The van der Waals surface area contributed by atoms with E-state index in [2.05, 4.69) is 44.5 Å². The van der Waals surface area contributed by atoms with Gasteiger partial charge in [0.1, 0.15) is 5.01 Å². The highest BCUT2D eigenvalue weighted by molar-refractivity contribution is 7.99. The Morgan fingerprint density at radius 1 is 1.23 bits per heavy atom. The van der Waals surface area contributed by atoms with Crippen LogP contribution in [0.3, 0.4) is 0 Å². The summed E-state index contributed by atoms with van der Waals surface area (Å²) in [6.45, 7) is 6.88. The number of amides is 1. The standard InChI is InChI=1S/C16H19N7OS2/c1-10(2)8-23-14(12-4-6-17-7-5-12)20-22-16(23)25-9-13(24)18-15-21-19-11(3)26-15/h4-7,10H,8-9H2,1-3H3,(H,18,21,24). The fourth-order valence-electron chi connectivity index (χ4n) is 2.27. The van der Waals surface area contributed by atoms with Crippen LogP contribution in [0.15, 0.2) is 29.7 Å². The number of pyridine rings is 1. The largest absolute Gasteiger partial charge is 0.302 e. The van der Waals surface area contributed by atoms with Crippen LogP contribution in [0.5, 0.6) is 0 Å². The van der Waals surface area contributed by atoms with E-state index in [1.807, 2.05) is 23.6 Å². The highest BCUT2D eigenvalue weighted by Crippen LogP contribution is 2.25. The second-order valence-electron chi connectivity index (χ2n) is 6.01. The van der Waals surface area contributed by atoms with Crippen LogP contribution >= 0.6 is 23.1 Å². The molecule has 0 saturated heterocycles. The fourth-order valence-corrected chi connectivity index (χ4v) is 3.63. The van der Waals surface area contributed by atoms with Gasteiger partial charge in [-0.05, 0) is 25.0 Å². The zero-order chi connectivity index (χ0) is 18.5. The van der Waals surface area contributed by atoms with Crippen molar-refractivity contribution in [3.05, 3.63) is 29.5 Å². The predicted octanol–water partition coefficient (Wildman–Crippen LogP) is 2.89. The minimum Gasteiger partial charge on any atom is -0.302 e. The van der Waals surface area contributed by atoms with Crippen LogP contribution in [-0.2, 0) is 11.3 Å². The molecule has 1 N–H and O–H groups in total. The molecule has 0 unspecified atom stereocenters. The minimum absolute atomic E-state index is 0.143. The van der Waals surface area contributed by atoms with Crippen molar-refractivity contribution in [2.75, 3.05) is 11.1 Å². The molecule has 26 heavy (non-hydrogen) atoms. The van der Waals surface area contributed by atoms with Crippen molar-refractivity contribution in [2.24, 2.45) is 5.92 Å². The molecule has 136 valence electrons. The number of carbonyl (C=O) groups is 1. The van der Waals surface area contributed by atoms with Gasteiger partial charge in [-0.25, -0.2) is 0 Å². The molecule has 0 atom stereocenters. The number of aromatic nitrogens is 6. The van der Waals surface area contributed by atoms with E-state index >= 15 is 0 Å². The number of aryl methyl sites for hydroxylation is 1. The van der Waals surface area contributed by atoms with Crippen molar-refractivity contribution in [1.29, 1.82) is 0 Å². The normalized spacial score (nSPS) is 11.1. The molecule has 0 aliphatic rings. The Morgan fingerprint density at radius 2 is 2.00 bits per heavy atom. The number of hydrogen-bond donors (Lipinski definition) is 1. The van der Waals surface area contributed by atoms with E-state index < -0.39 is 0 Å². The second-order valence-corrected chi connectivity index (χ2v) is 8.13. The van der Waals surface area contributed by atoms with Crippen LogP contribution in [0, 0.1) is 12.8 Å². The third-order valence-corrected chi connectivity index (χ3v) is 5.03. The summed E-state index contributed by atoms with van der Waals surface area (Å²) in [5, 5.41) is 21.2. The van der Waals surface area contributed by atoms with Crippen LogP contribution in [0.2, 0.25) is 0 Å². The van der Waals surface area contributed by atoms with Crippen molar-refractivity contribution in [3.63, 3.8) is 0 Å². The smallest absolute Gasteiger partial charge is 0.236 e. The highest BCUT2D eigenvalue weighted by atomic mass is 32.2. The molecule has 0 spiro atoms. The molecule has 0 saturated carbocycles. The molecule has 3 aromatic heterocycles. The molecule has 1 amide bonds. The van der Waals surface area contributed by atoms with Crippen molar-refractivity contribution < 1.29 is 4.79 Å². The average molecular weight is 390 g/mol. The summed E-state index contributed by atoms with van der Waals surface area (Å²) in [5.74, 6) is 1.29. The van der Waals surface area contributed by atoms with Gasteiger partial charge in [-0.3, -0.25) is 15.1 Å². The van der Waals surface area contributed by atoms with Gasteiger partial charge in [0.05, 0.1) is 5.75 Å². The van der Waals surface area contributed by atoms with Gasteiger partial charge in [0.2, 0.25) is 11.0 Å². The monoisotopic (exact) mass is 389 g/mol. The van der Waals surface area contributed by atoms with Crippen LogP contribution < -0.4 is 5.32 Å². The summed E-state index contributed by atoms with van der Waals surface area (Å²) in [4.78, 5) is 16.2. The topological polar surface area (TPSA) is 98.5 Å². The van der Waals surface area contributed by atoms with E-state index in [4.69, 9.17) is 0 Å². The van der Waals surface area contributed by atoms with Crippen molar-refractivity contribution in [3.8, 4) is 11.4 Å². The van der Waals surface area contributed by atoms with Gasteiger partial charge in [-0.2, -0.15) is 0 Å². The van der Waals surface area contributed by atoms with E-state index in [-0.39, 0.29) is 11.7 Å². The van der Waals surface area contributed by atoms with E-state index in [0.717, 1.165) is 22.9 Å². The van der Waals surface area contributed by atoms with Crippen LogP contribution in [0.4, 0.5) is 5.13 Å². The number of rotatable bonds is 7. The number of hydrogen-bond acceptors (Lipinski definition) is 8. The highest BCUT2D eigenvalue weighted by Gasteiger charge is 2.17. The Kier molecular flexibility index (Phi) is 5.94. The maximum Gasteiger partial charge on any atom is 0.236 e. The van der Waals surface area contributed by atoms with E-state index in [1.165, 1.54) is 23.1 Å². The Morgan fingerprint density at radius 3 is 2.65 bits per heavy atom. The Labute approximate surface area is 159 Å². The first-order valence-electron chi connectivity index (χ1n) is 8.09. The molecule has 0 fully saturated rings. The van der Waals surface area contributed by atoms with Crippen LogP contribution in [0.1, 0.15) is 18.9 Å². The fraction of sp³-hybridized carbons (Fsp3) is 0.375. The summed E-state index contributed by atoms with van der Waals surface area (Å²) in [7, 11) is 0. The summed E-state index contributed by atoms with van der Waals surface area (Å²) >= 11 is 2.70. The molecule has 8 nitrogen and oxygen atoms in total. The lowest BCUT2D eigenvalue weighted by atomic mass is 10.2. The maximum atomic E-state index is 12.1. The first-order valence-corrected chi connectivity index (χ1v) is 9.89. The van der Waals surface area contributed by atoms with Gasteiger partial charge >= 0.3 is 0 Å². The van der Waals surface area contributed by atoms with Crippen molar-refractivity contribution in [1.82, 2.24) is 29.9 Å². The Bertz CT molecular complexity index is 876. The Balaban J connectivity index is 1.72. The van der Waals surface area contributed by atoms with E-state index in [1.54, 1.807) is 12.4 Å². The van der Waals surface area contributed by atoms with Gasteiger partial charge in [0.25, 0.3) is 0 Å². The van der Waals surface area contributed by atoms with Gasteiger partial charge in [0, 0.05) is 24.5 Å². The molecule has 10 heteroatoms.